The van der Waals surface area contributed by atoms with Gasteiger partial charge in [0.15, 0.2) is 11.6 Å². The Hall–Kier alpha value is -3.52. The Kier molecular flexibility index (Phi) is 5.66. The van der Waals surface area contributed by atoms with Crippen molar-refractivity contribution >= 4 is 22.5 Å². The summed E-state index contributed by atoms with van der Waals surface area (Å²) in [6, 6.07) is 1.69. The monoisotopic (exact) mass is 554 g/mol. The van der Waals surface area contributed by atoms with E-state index in [2.05, 4.69) is 20.4 Å². The van der Waals surface area contributed by atoms with Crippen molar-refractivity contribution in [3.05, 3.63) is 35.8 Å². The first-order valence-corrected chi connectivity index (χ1v) is 12.3. The lowest BCUT2D eigenvalue weighted by atomic mass is 10.0. The number of nitrogens with zero attached hydrogens (tertiary/aromatic N) is 6. The highest BCUT2D eigenvalue weighted by atomic mass is 19.3. The SMILES string of the molecule is [2H]C([2H])([2H])Oc1nc(N[C@H]2CCN(C3COC3)C[C@H]2F)nn2cc(F)c(-c3cc(F)c4nc(C)n(CC(F)F)c4c3)c12. The lowest BCUT2D eigenvalue weighted by Crippen LogP contribution is -2.57. The zero-order chi connectivity index (χ0) is 29.9. The quantitative estimate of drug-likeness (QED) is 0.348. The lowest BCUT2D eigenvalue weighted by molar-refractivity contribution is -0.0794. The second-order valence-corrected chi connectivity index (χ2v) is 9.72. The second kappa shape index (κ2) is 9.90. The molecule has 4 aromatic rings. The van der Waals surface area contributed by atoms with Crippen LogP contribution in [-0.2, 0) is 11.3 Å². The number of aromatic nitrogens is 5. The number of fused-ring (bicyclic) bond motifs is 2. The van der Waals surface area contributed by atoms with E-state index in [1.165, 1.54) is 13.0 Å². The third kappa shape index (κ3) is 4.54. The number of benzene rings is 1. The number of likely N-dealkylation sites (tertiary alicyclic amines) is 1. The van der Waals surface area contributed by atoms with Gasteiger partial charge in [-0.1, -0.05) is 0 Å². The summed E-state index contributed by atoms with van der Waals surface area (Å²) in [6.45, 7) is 2.52. The van der Waals surface area contributed by atoms with E-state index in [1.807, 2.05) is 4.90 Å². The fraction of sp³-hybridized carbons (Fsp3) is 0.480. The molecule has 3 aromatic heterocycles. The molecule has 0 saturated carbocycles. The van der Waals surface area contributed by atoms with Crippen molar-refractivity contribution in [3.8, 4) is 17.0 Å². The zero-order valence-electron chi connectivity index (χ0n) is 23.7. The topological polar surface area (TPSA) is 81.7 Å². The minimum absolute atomic E-state index is 0.00663. The number of methoxy groups -OCH3 is 1. The molecular weight excluding hydrogens is 525 g/mol. The second-order valence-electron chi connectivity index (χ2n) is 9.72. The summed E-state index contributed by atoms with van der Waals surface area (Å²) in [5.41, 5.74) is -0.858. The van der Waals surface area contributed by atoms with Gasteiger partial charge in [0, 0.05) is 13.1 Å². The maximum absolute atomic E-state index is 15.5. The van der Waals surface area contributed by atoms with Crippen LogP contribution >= 0.6 is 0 Å². The van der Waals surface area contributed by atoms with Crippen LogP contribution in [0.1, 0.15) is 16.4 Å². The Morgan fingerprint density at radius 3 is 2.74 bits per heavy atom. The Labute approximate surface area is 223 Å². The number of piperidine rings is 1. The van der Waals surface area contributed by atoms with Crippen LogP contribution in [0.15, 0.2) is 18.3 Å². The Balaban J connectivity index is 1.41. The smallest absolute Gasteiger partial charge is 0.256 e. The van der Waals surface area contributed by atoms with Gasteiger partial charge in [-0.2, -0.15) is 4.98 Å². The highest BCUT2D eigenvalue weighted by Crippen LogP contribution is 2.37. The maximum atomic E-state index is 15.5. The van der Waals surface area contributed by atoms with Crippen LogP contribution in [0, 0.1) is 18.6 Å². The average molecular weight is 555 g/mol. The fourth-order valence-electron chi connectivity index (χ4n) is 5.26. The van der Waals surface area contributed by atoms with E-state index in [-0.39, 0.29) is 52.0 Å². The van der Waals surface area contributed by atoms with Crippen molar-refractivity contribution in [2.45, 2.75) is 44.6 Å². The van der Waals surface area contributed by atoms with E-state index < -0.39 is 49.7 Å². The standard InChI is InChI=1S/C25H26F5N7O2/c1-12-31-22-15(26)5-13(6-19(22)36(12)9-20(29)30)21-17(28)8-37-23(21)24(38-2)33-25(34-37)32-18-3-4-35(7-16(18)27)14-10-39-11-14/h5-6,8,14,16,18,20H,3-4,7,9-11H2,1-2H3,(H,32,34)/t16-,18+/m1/s1/i2D3. The van der Waals surface area contributed by atoms with E-state index in [0.29, 0.717) is 26.2 Å². The summed E-state index contributed by atoms with van der Waals surface area (Å²) in [5.74, 6) is -2.48. The number of rotatable bonds is 7. The number of aryl methyl sites for hydroxylation is 1. The number of nitrogens with one attached hydrogen (secondary N) is 1. The first-order chi connectivity index (χ1) is 19.9. The predicted molar refractivity (Wildman–Crippen MR) is 132 cm³/mol. The van der Waals surface area contributed by atoms with Crippen molar-refractivity contribution < 1.29 is 35.5 Å². The van der Waals surface area contributed by atoms with Crippen LogP contribution in [0.25, 0.3) is 27.7 Å². The van der Waals surface area contributed by atoms with Crippen LogP contribution in [-0.4, -0.2) is 87.1 Å². The van der Waals surface area contributed by atoms with Crippen LogP contribution in [0.4, 0.5) is 27.9 Å². The Morgan fingerprint density at radius 2 is 2.05 bits per heavy atom. The molecule has 208 valence electrons. The van der Waals surface area contributed by atoms with Crippen LogP contribution in [0.5, 0.6) is 5.88 Å². The van der Waals surface area contributed by atoms with Gasteiger partial charge in [-0.05, 0) is 31.0 Å². The minimum Gasteiger partial charge on any atom is -0.479 e. The molecule has 6 rings (SSSR count). The van der Waals surface area contributed by atoms with Gasteiger partial charge in [0.25, 0.3) is 6.43 Å². The number of alkyl halides is 3. The molecule has 2 aliphatic rings. The average Bonchev–Trinajstić information content (AvgIpc) is 3.35. The largest absolute Gasteiger partial charge is 0.479 e. The number of ether oxygens (including phenoxy) is 2. The molecule has 0 aliphatic carbocycles. The summed E-state index contributed by atoms with van der Waals surface area (Å²) in [4.78, 5) is 10.2. The molecule has 0 bridgehead atoms. The van der Waals surface area contributed by atoms with E-state index >= 15 is 13.2 Å². The molecule has 0 unspecified atom stereocenters. The van der Waals surface area contributed by atoms with Crippen molar-refractivity contribution in [2.24, 2.45) is 0 Å². The predicted octanol–water partition coefficient (Wildman–Crippen LogP) is 3.83. The fourth-order valence-corrected chi connectivity index (χ4v) is 5.26. The first kappa shape index (κ1) is 22.3. The van der Waals surface area contributed by atoms with Gasteiger partial charge in [-0.3, -0.25) is 4.90 Å². The Morgan fingerprint density at radius 1 is 1.23 bits per heavy atom. The summed E-state index contributed by atoms with van der Waals surface area (Å²) in [7, 11) is -3.02. The number of hydrogen-bond acceptors (Lipinski definition) is 7. The summed E-state index contributed by atoms with van der Waals surface area (Å²) in [5, 5.41) is 7.08. The number of imidazole rings is 1. The van der Waals surface area contributed by atoms with E-state index in [0.717, 1.165) is 21.3 Å². The molecule has 1 aromatic carbocycles. The molecule has 14 heteroatoms. The first-order valence-electron chi connectivity index (χ1n) is 13.8. The molecule has 2 fully saturated rings. The summed E-state index contributed by atoms with van der Waals surface area (Å²) < 4.78 is 107. The van der Waals surface area contributed by atoms with E-state index in [9.17, 15) is 8.78 Å². The minimum atomic E-state index is -3.02. The molecule has 2 aliphatic heterocycles. The van der Waals surface area contributed by atoms with E-state index in [4.69, 9.17) is 13.6 Å². The molecule has 0 spiro atoms. The van der Waals surface area contributed by atoms with Gasteiger partial charge in [-0.15, -0.1) is 5.10 Å². The third-order valence-corrected chi connectivity index (χ3v) is 7.28. The number of halogens is 5. The molecule has 39 heavy (non-hydrogen) atoms. The molecular formula is C25H26F5N7O2. The van der Waals surface area contributed by atoms with Gasteiger partial charge in [0.2, 0.25) is 11.8 Å². The van der Waals surface area contributed by atoms with E-state index in [1.54, 1.807) is 0 Å². The highest BCUT2D eigenvalue weighted by Gasteiger charge is 2.36. The number of anilines is 1. The molecule has 2 atom stereocenters. The summed E-state index contributed by atoms with van der Waals surface area (Å²) >= 11 is 0. The zero-order valence-corrected chi connectivity index (χ0v) is 20.7. The Bertz CT molecular complexity index is 1640. The van der Waals surface area contributed by atoms with Crippen molar-refractivity contribution in [2.75, 3.05) is 38.7 Å². The van der Waals surface area contributed by atoms with Crippen molar-refractivity contribution in [1.82, 2.24) is 29.0 Å². The van der Waals surface area contributed by atoms with Gasteiger partial charge in [0.05, 0.1) is 60.3 Å². The van der Waals surface area contributed by atoms with Crippen LogP contribution in [0.2, 0.25) is 0 Å². The van der Waals surface area contributed by atoms with Gasteiger partial charge in [-0.25, -0.2) is 31.5 Å². The number of hydrogen-bond donors (Lipinski definition) is 1. The molecule has 5 heterocycles. The van der Waals surface area contributed by atoms with Crippen molar-refractivity contribution in [1.29, 1.82) is 0 Å². The maximum Gasteiger partial charge on any atom is 0.256 e. The molecule has 9 nitrogen and oxygen atoms in total. The van der Waals surface area contributed by atoms with Gasteiger partial charge >= 0.3 is 0 Å². The van der Waals surface area contributed by atoms with Gasteiger partial charge < -0.3 is 19.4 Å². The molecule has 1 N–H and O–H groups in total. The highest BCUT2D eigenvalue weighted by molar-refractivity contribution is 5.90. The van der Waals surface area contributed by atoms with Crippen LogP contribution < -0.4 is 10.1 Å². The lowest BCUT2D eigenvalue weighted by Gasteiger charge is -2.42. The molecule has 0 amide bonds. The van der Waals surface area contributed by atoms with Crippen molar-refractivity contribution in [3.63, 3.8) is 0 Å². The van der Waals surface area contributed by atoms with Crippen LogP contribution in [0.3, 0.4) is 0 Å². The molecule has 0 radical (unpaired) electrons. The normalized spacial score (nSPS) is 22.2. The third-order valence-electron chi connectivity index (χ3n) is 7.28. The molecule has 2 saturated heterocycles. The van der Waals surface area contributed by atoms with Gasteiger partial charge in [0.1, 0.15) is 23.0 Å². The summed E-state index contributed by atoms with van der Waals surface area (Å²) in [6.07, 6.45) is -2.76.